The van der Waals surface area contributed by atoms with Gasteiger partial charge in [-0.1, -0.05) is 12.8 Å². The number of carboxylic acid groups (broad SMARTS) is 1. The molecule has 0 heterocycles. The first-order valence-electron chi connectivity index (χ1n) is 3.18. The van der Waals surface area contributed by atoms with E-state index in [-0.39, 0.29) is 0 Å². The van der Waals surface area contributed by atoms with Crippen LogP contribution in [0.5, 0.6) is 0 Å². The normalized spacial score (nSPS) is 21.4. The van der Waals surface area contributed by atoms with Gasteiger partial charge in [-0.3, -0.25) is 4.79 Å². The molecule has 0 aromatic heterocycles. The molecule has 52 valence electrons. The monoisotopic (exact) mass is 129 g/mol. The first-order chi connectivity index (χ1) is 4.20. The van der Waals surface area contributed by atoms with Gasteiger partial charge < -0.3 is 10.8 Å². The fraction of sp³-hybridized carbons (Fsp3) is 0.833. The molecule has 1 fully saturated rings. The van der Waals surface area contributed by atoms with Crippen molar-refractivity contribution in [3.8, 4) is 0 Å². The van der Waals surface area contributed by atoms with Crippen molar-refractivity contribution < 1.29 is 9.90 Å². The molecular formula is C6H11NO2. The largest absolute Gasteiger partial charge is 0.480 e. The molecule has 0 unspecified atom stereocenters. The zero-order valence-electron chi connectivity index (χ0n) is 5.21. The van der Waals surface area contributed by atoms with Crippen LogP contribution in [0.15, 0.2) is 0 Å². The average Bonchev–Trinajstić information content (AvgIpc) is 2.50. The summed E-state index contributed by atoms with van der Waals surface area (Å²) in [6, 6.07) is -0.627. The van der Waals surface area contributed by atoms with E-state index in [2.05, 4.69) is 0 Å². The summed E-state index contributed by atoms with van der Waals surface area (Å²) in [4.78, 5) is 10.1. The Hall–Kier alpha value is -0.570. The molecule has 9 heavy (non-hydrogen) atoms. The number of hydrogen-bond acceptors (Lipinski definition) is 2. The highest BCUT2D eigenvalue weighted by Crippen LogP contribution is 2.32. The van der Waals surface area contributed by atoms with Gasteiger partial charge in [0.1, 0.15) is 6.04 Å². The van der Waals surface area contributed by atoms with Crippen molar-refractivity contribution in [1.82, 2.24) is 0 Å². The van der Waals surface area contributed by atoms with Crippen LogP contribution in [0.3, 0.4) is 0 Å². The second-order valence-electron chi connectivity index (χ2n) is 2.62. The minimum absolute atomic E-state index is 0.607. The number of aliphatic carboxylic acids is 1. The van der Waals surface area contributed by atoms with Crippen LogP contribution < -0.4 is 5.73 Å². The number of carboxylic acids is 1. The number of rotatable bonds is 3. The lowest BCUT2D eigenvalue weighted by atomic mass is 10.1. The summed E-state index contributed by atoms with van der Waals surface area (Å²) in [5.74, 6) is -0.266. The molecule has 0 radical (unpaired) electrons. The van der Waals surface area contributed by atoms with Crippen molar-refractivity contribution in [1.29, 1.82) is 0 Å². The van der Waals surface area contributed by atoms with Crippen molar-refractivity contribution in [2.24, 2.45) is 11.7 Å². The molecule has 1 saturated carbocycles. The second kappa shape index (κ2) is 2.35. The Labute approximate surface area is 53.9 Å². The van der Waals surface area contributed by atoms with Crippen LogP contribution in [0.1, 0.15) is 19.3 Å². The third-order valence-corrected chi connectivity index (χ3v) is 1.60. The molecule has 0 aromatic rings. The zero-order valence-corrected chi connectivity index (χ0v) is 5.21. The predicted octanol–water partition coefficient (Wildman–Crippen LogP) is 0.198. The molecule has 0 aliphatic heterocycles. The van der Waals surface area contributed by atoms with E-state index in [4.69, 9.17) is 10.8 Å². The molecule has 0 bridgehead atoms. The summed E-state index contributed by atoms with van der Waals surface area (Å²) in [6.45, 7) is 0. The van der Waals surface area contributed by atoms with Crippen LogP contribution in [0.2, 0.25) is 0 Å². The maximum absolute atomic E-state index is 10.1. The molecule has 0 spiro atoms. The molecular weight excluding hydrogens is 118 g/mol. The van der Waals surface area contributed by atoms with E-state index in [0.717, 1.165) is 0 Å². The van der Waals surface area contributed by atoms with Crippen LogP contribution in [0, 0.1) is 5.92 Å². The number of hydrogen-bond donors (Lipinski definition) is 2. The minimum Gasteiger partial charge on any atom is -0.480 e. The average molecular weight is 129 g/mol. The molecule has 3 N–H and O–H groups in total. The molecule has 1 aliphatic carbocycles. The summed E-state index contributed by atoms with van der Waals surface area (Å²) in [5.41, 5.74) is 5.26. The summed E-state index contributed by atoms with van der Waals surface area (Å²) in [5, 5.41) is 8.33. The highest BCUT2D eigenvalue weighted by atomic mass is 16.4. The SMILES string of the molecule is N[C@@H](CC1CC1)C(=O)O. The van der Waals surface area contributed by atoms with Gasteiger partial charge in [-0.2, -0.15) is 0 Å². The highest BCUT2D eigenvalue weighted by molar-refractivity contribution is 5.73. The van der Waals surface area contributed by atoms with Crippen LogP contribution >= 0.6 is 0 Å². The summed E-state index contributed by atoms with van der Waals surface area (Å²) >= 11 is 0. The molecule has 1 rings (SSSR count). The van der Waals surface area contributed by atoms with Gasteiger partial charge in [-0.05, 0) is 12.3 Å². The van der Waals surface area contributed by atoms with E-state index >= 15 is 0 Å². The van der Waals surface area contributed by atoms with Gasteiger partial charge in [0.15, 0.2) is 0 Å². The predicted molar refractivity (Wildman–Crippen MR) is 33.0 cm³/mol. The van der Waals surface area contributed by atoms with Gasteiger partial charge in [0.2, 0.25) is 0 Å². The third kappa shape index (κ3) is 2.01. The molecule has 1 atom stereocenters. The molecule has 0 saturated heterocycles. The summed E-state index contributed by atoms with van der Waals surface area (Å²) in [7, 11) is 0. The fourth-order valence-electron chi connectivity index (χ4n) is 0.813. The molecule has 0 aromatic carbocycles. The first-order valence-corrected chi connectivity index (χ1v) is 3.18. The smallest absolute Gasteiger partial charge is 0.320 e. The maximum Gasteiger partial charge on any atom is 0.320 e. The van der Waals surface area contributed by atoms with Gasteiger partial charge in [0, 0.05) is 0 Å². The van der Waals surface area contributed by atoms with Gasteiger partial charge in [0.05, 0.1) is 0 Å². The molecule has 3 heteroatoms. The Morgan fingerprint density at radius 2 is 2.33 bits per heavy atom. The third-order valence-electron chi connectivity index (χ3n) is 1.60. The number of carbonyl (C=O) groups is 1. The highest BCUT2D eigenvalue weighted by Gasteiger charge is 2.26. The summed E-state index contributed by atoms with van der Waals surface area (Å²) in [6.07, 6.45) is 3.00. The van der Waals surface area contributed by atoms with Gasteiger partial charge in [-0.15, -0.1) is 0 Å². The molecule has 3 nitrogen and oxygen atoms in total. The van der Waals surface area contributed by atoms with Crippen LogP contribution in [0.25, 0.3) is 0 Å². The Bertz CT molecular complexity index is 120. The quantitative estimate of drug-likeness (QED) is 0.572. The van der Waals surface area contributed by atoms with E-state index in [9.17, 15) is 4.79 Å². The van der Waals surface area contributed by atoms with E-state index in [1.54, 1.807) is 0 Å². The van der Waals surface area contributed by atoms with E-state index in [1.807, 2.05) is 0 Å². The van der Waals surface area contributed by atoms with Crippen molar-refractivity contribution >= 4 is 5.97 Å². The van der Waals surface area contributed by atoms with Crippen molar-refractivity contribution in [2.45, 2.75) is 25.3 Å². The minimum atomic E-state index is -0.873. The lowest BCUT2D eigenvalue weighted by Crippen LogP contribution is -2.30. The number of nitrogens with two attached hydrogens (primary N) is 1. The lowest BCUT2D eigenvalue weighted by molar-refractivity contribution is -0.138. The van der Waals surface area contributed by atoms with E-state index in [1.165, 1.54) is 12.8 Å². The molecule has 0 amide bonds. The van der Waals surface area contributed by atoms with Crippen LogP contribution in [0.4, 0.5) is 0 Å². The zero-order chi connectivity index (χ0) is 6.85. The topological polar surface area (TPSA) is 63.3 Å². The van der Waals surface area contributed by atoms with Crippen molar-refractivity contribution in [3.05, 3.63) is 0 Å². The van der Waals surface area contributed by atoms with Gasteiger partial charge >= 0.3 is 5.97 Å². The fourth-order valence-corrected chi connectivity index (χ4v) is 0.813. The second-order valence-corrected chi connectivity index (χ2v) is 2.62. The standard InChI is InChI=1S/C6H11NO2/c7-5(6(8)9)3-4-1-2-4/h4-5H,1-3,7H2,(H,8,9)/t5-/m0/s1. The van der Waals surface area contributed by atoms with Gasteiger partial charge in [-0.25, -0.2) is 0 Å². The lowest BCUT2D eigenvalue weighted by Gasteiger charge is -2.02. The van der Waals surface area contributed by atoms with E-state index < -0.39 is 12.0 Å². The Morgan fingerprint density at radius 3 is 2.67 bits per heavy atom. The summed E-state index contributed by atoms with van der Waals surface area (Å²) < 4.78 is 0. The van der Waals surface area contributed by atoms with Gasteiger partial charge in [0.25, 0.3) is 0 Å². The Morgan fingerprint density at radius 1 is 1.78 bits per heavy atom. The van der Waals surface area contributed by atoms with Crippen LogP contribution in [-0.4, -0.2) is 17.1 Å². The van der Waals surface area contributed by atoms with E-state index in [0.29, 0.717) is 12.3 Å². The Kier molecular flexibility index (Phi) is 1.71. The Balaban J connectivity index is 2.16. The maximum atomic E-state index is 10.1. The van der Waals surface area contributed by atoms with Crippen LogP contribution in [-0.2, 0) is 4.79 Å². The molecule has 1 aliphatic rings. The first kappa shape index (κ1) is 6.55. The van der Waals surface area contributed by atoms with Crippen molar-refractivity contribution in [3.63, 3.8) is 0 Å². The van der Waals surface area contributed by atoms with Crippen molar-refractivity contribution in [2.75, 3.05) is 0 Å².